The summed E-state index contributed by atoms with van der Waals surface area (Å²) in [4.78, 5) is 33.8. The summed E-state index contributed by atoms with van der Waals surface area (Å²) >= 11 is 0. The molecule has 0 atom stereocenters. The van der Waals surface area contributed by atoms with E-state index in [1.165, 1.54) is 0 Å². The molecule has 7 heteroatoms. The van der Waals surface area contributed by atoms with Crippen LogP contribution in [0.4, 0.5) is 0 Å². The molecule has 0 unspecified atom stereocenters. The number of aryl methyl sites for hydroxylation is 1. The lowest BCUT2D eigenvalue weighted by molar-refractivity contribution is -0.132. The highest BCUT2D eigenvalue weighted by molar-refractivity contribution is 5.94. The van der Waals surface area contributed by atoms with Gasteiger partial charge in [-0.25, -0.2) is 4.98 Å². The number of piperazine rings is 1. The number of methoxy groups -OCH3 is 1. The molecular formula is C28H28N4O3. The summed E-state index contributed by atoms with van der Waals surface area (Å²) in [6, 6.07) is 23.4. The van der Waals surface area contributed by atoms with E-state index in [2.05, 4.69) is 4.98 Å². The second kappa shape index (κ2) is 10.0. The summed E-state index contributed by atoms with van der Waals surface area (Å²) in [5, 5.41) is 0. The van der Waals surface area contributed by atoms with Gasteiger partial charge in [-0.3, -0.25) is 14.2 Å². The van der Waals surface area contributed by atoms with E-state index in [9.17, 15) is 9.59 Å². The quantitative estimate of drug-likeness (QED) is 0.430. The second-order valence-electron chi connectivity index (χ2n) is 8.67. The number of imidazole rings is 1. The van der Waals surface area contributed by atoms with Crippen LogP contribution in [-0.2, 0) is 11.2 Å². The first-order valence-electron chi connectivity index (χ1n) is 11.8. The molecule has 1 fully saturated rings. The highest BCUT2D eigenvalue weighted by atomic mass is 16.5. The number of carbonyl (C=O) groups is 2. The maximum atomic E-state index is 13.0. The average Bonchev–Trinajstić information content (AvgIpc) is 3.36. The topological polar surface area (TPSA) is 67.7 Å². The van der Waals surface area contributed by atoms with Crippen molar-refractivity contribution in [1.82, 2.24) is 19.4 Å². The molecule has 2 heterocycles. The summed E-state index contributed by atoms with van der Waals surface area (Å²) in [6.07, 6.45) is 2.96. The molecule has 0 saturated carbocycles. The highest BCUT2D eigenvalue weighted by Gasteiger charge is 2.24. The molecule has 178 valence electrons. The third-order valence-corrected chi connectivity index (χ3v) is 6.55. The van der Waals surface area contributed by atoms with Gasteiger partial charge in [0, 0.05) is 43.9 Å². The molecule has 5 rings (SSSR count). The van der Waals surface area contributed by atoms with Crippen LogP contribution in [0.15, 0.2) is 79.1 Å². The van der Waals surface area contributed by atoms with Crippen molar-refractivity contribution in [2.24, 2.45) is 0 Å². The minimum atomic E-state index is -0.00243. The first kappa shape index (κ1) is 22.7. The van der Waals surface area contributed by atoms with Crippen LogP contribution in [0.1, 0.15) is 22.3 Å². The zero-order chi connectivity index (χ0) is 24.2. The van der Waals surface area contributed by atoms with Crippen LogP contribution in [0.3, 0.4) is 0 Å². The lowest BCUT2D eigenvalue weighted by atomic mass is 10.1. The van der Waals surface area contributed by atoms with E-state index in [4.69, 9.17) is 4.74 Å². The molecule has 3 aromatic carbocycles. The first-order chi connectivity index (χ1) is 17.1. The minimum Gasteiger partial charge on any atom is -0.497 e. The SMILES string of the molecule is COc1ccc(CCC(=O)N2CCN(C(=O)c3ccc(-n4cnc5ccccc54)cc3)CC2)cc1. The number of fused-ring (bicyclic) bond motifs is 1. The van der Waals surface area contributed by atoms with Crippen LogP contribution in [0.25, 0.3) is 16.7 Å². The van der Waals surface area contributed by atoms with Gasteiger partial charge in [0.25, 0.3) is 5.91 Å². The van der Waals surface area contributed by atoms with E-state index in [0.29, 0.717) is 44.6 Å². The number of carbonyl (C=O) groups excluding carboxylic acids is 2. The fraction of sp³-hybridized carbons (Fsp3) is 0.250. The van der Waals surface area contributed by atoms with Gasteiger partial charge < -0.3 is 14.5 Å². The summed E-state index contributed by atoms with van der Waals surface area (Å²) in [7, 11) is 1.64. The maximum Gasteiger partial charge on any atom is 0.253 e. The van der Waals surface area contributed by atoms with Gasteiger partial charge in [-0.15, -0.1) is 0 Å². The number of rotatable bonds is 6. The molecule has 1 aliphatic heterocycles. The van der Waals surface area contributed by atoms with Gasteiger partial charge >= 0.3 is 0 Å². The normalized spacial score (nSPS) is 13.7. The average molecular weight is 469 g/mol. The number of hydrogen-bond acceptors (Lipinski definition) is 4. The third kappa shape index (κ3) is 4.89. The maximum absolute atomic E-state index is 13.0. The Labute approximate surface area is 204 Å². The molecule has 0 N–H and O–H groups in total. The number of amides is 2. The third-order valence-electron chi connectivity index (χ3n) is 6.55. The Bertz CT molecular complexity index is 1320. The van der Waals surface area contributed by atoms with Crippen molar-refractivity contribution in [2.45, 2.75) is 12.8 Å². The number of ether oxygens (including phenoxy) is 1. The fourth-order valence-corrected chi connectivity index (χ4v) is 4.47. The van der Waals surface area contributed by atoms with E-state index < -0.39 is 0 Å². The van der Waals surface area contributed by atoms with Crippen molar-refractivity contribution < 1.29 is 14.3 Å². The molecule has 0 radical (unpaired) electrons. The number of nitrogens with zero attached hydrogens (tertiary/aromatic N) is 4. The van der Waals surface area contributed by atoms with E-state index >= 15 is 0 Å². The highest BCUT2D eigenvalue weighted by Crippen LogP contribution is 2.19. The fourth-order valence-electron chi connectivity index (χ4n) is 4.47. The molecule has 1 saturated heterocycles. The molecule has 1 aromatic heterocycles. The van der Waals surface area contributed by atoms with Crippen LogP contribution >= 0.6 is 0 Å². The second-order valence-corrected chi connectivity index (χ2v) is 8.67. The van der Waals surface area contributed by atoms with Gasteiger partial charge in [-0.2, -0.15) is 0 Å². The largest absolute Gasteiger partial charge is 0.497 e. The van der Waals surface area contributed by atoms with E-state index in [1.807, 2.05) is 87.2 Å². The molecule has 0 bridgehead atoms. The zero-order valence-corrected chi connectivity index (χ0v) is 19.8. The lowest BCUT2D eigenvalue weighted by Gasteiger charge is -2.35. The van der Waals surface area contributed by atoms with Crippen molar-refractivity contribution >= 4 is 22.8 Å². The summed E-state index contributed by atoms with van der Waals surface area (Å²) in [5.74, 6) is 0.938. The smallest absolute Gasteiger partial charge is 0.253 e. The Morgan fingerprint density at radius 1 is 0.857 bits per heavy atom. The predicted molar refractivity (Wildman–Crippen MR) is 135 cm³/mol. The van der Waals surface area contributed by atoms with Crippen molar-refractivity contribution in [3.05, 3.63) is 90.3 Å². The molecular weight excluding hydrogens is 440 g/mol. The monoisotopic (exact) mass is 468 g/mol. The van der Waals surface area contributed by atoms with Gasteiger partial charge in [0.1, 0.15) is 12.1 Å². The molecule has 35 heavy (non-hydrogen) atoms. The van der Waals surface area contributed by atoms with E-state index in [1.54, 1.807) is 13.4 Å². The lowest BCUT2D eigenvalue weighted by Crippen LogP contribution is -2.50. The Balaban J connectivity index is 1.15. The van der Waals surface area contributed by atoms with Crippen LogP contribution < -0.4 is 4.74 Å². The molecule has 1 aliphatic rings. The van der Waals surface area contributed by atoms with Crippen LogP contribution in [0.2, 0.25) is 0 Å². The molecule has 2 amide bonds. The molecule has 0 spiro atoms. The molecule has 0 aliphatic carbocycles. The predicted octanol–water partition coefficient (Wildman–Crippen LogP) is 3.95. The molecule has 4 aromatic rings. The van der Waals surface area contributed by atoms with Crippen molar-refractivity contribution in [3.63, 3.8) is 0 Å². The Kier molecular flexibility index (Phi) is 6.48. The number of aromatic nitrogens is 2. The van der Waals surface area contributed by atoms with Crippen molar-refractivity contribution in [1.29, 1.82) is 0 Å². The number of benzene rings is 3. The van der Waals surface area contributed by atoms with E-state index in [-0.39, 0.29) is 11.8 Å². The summed E-state index contributed by atoms with van der Waals surface area (Å²) < 4.78 is 7.19. The standard InChI is InChI=1S/C28H28N4O3/c1-35-24-13-6-21(7-14-24)8-15-27(33)30-16-18-31(19-17-30)28(34)22-9-11-23(12-10-22)32-20-29-25-4-2-3-5-26(25)32/h2-7,9-14,20H,8,15-19H2,1H3. The van der Waals surface area contributed by atoms with Gasteiger partial charge in [0.15, 0.2) is 0 Å². The van der Waals surface area contributed by atoms with Crippen molar-refractivity contribution in [3.8, 4) is 11.4 Å². The first-order valence-corrected chi connectivity index (χ1v) is 11.8. The summed E-state index contributed by atoms with van der Waals surface area (Å²) in [5.41, 5.74) is 4.68. The van der Waals surface area contributed by atoms with E-state index in [0.717, 1.165) is 28.0 Å². The Morgan fingerprint density at radius 3 is 2.26 bits per heavy atom. The van der Waals surface area contributed by atoms with Crippen LogP contribution in [-0.4, -0.2) is 64.5 Å². The van der Waals surface area contributed by atoms with Gasteiger partial charge in [0.05, 0.1) is 18.1 Å². The van der Waals surface area contributed by atoms with Gasteiger partial charge in [0.2, 0.25) is 5.91 Å². The summed E-state index contributed by atoms with van der Waals surface area (Å²) in [6.45, 7) is 2.21. The van der Waals surface area contributed by atoms with Crippen molar-refractivity contribution in [2.75, 3.05) is 33.3 Å². The van der Waals surface area contributed by atoms with Crippen LogP contribution in [0, 0.1) is 0 Å². The molecule has 7 nitrogen and oxygen atoms in total. The number of hydrogen-bond donors (Lipinski definition) is 0. The minimum absolute atomic E-state index is 0.00243. The Morgan fingerprint density at radius 2 is 1.54 bits per heavy atom. The zero-order valence-electron chi connectivity index (χ0n) is 19.8. The number of para-hydroxylation sites is 2. The Hall–Kier alpha value is -4.13. The van der Waals surface area contributed by atoms with Gasteiger partial charge in [-0.05, 0) is 60.5 Å². The van der Waals surface area contributed by atoms with Gasteiger partial charge in [-0.1, -0.05) is 24.3 Å². The van der Waals surface area contributed by atoms with Crippen LogP contribution in [0.5, 0.6) is 5.75 Å².